The van der Waals surface area contributed by atoms with Gasteiger partial charge in [0.05, 0.1) is 16.6 Å². The molecule has 0 atom stereocenters. The number of nitrogens with zero attached hydrogens (tertiary/aromatic N) is 2. The molecule has 0 amide bonds. The quantitative estimate of drug-likeness (QED) is 0.133. The van der Waals surface area contributed by atoms with E-state index in [1.165, 1.54) is 10.6 Å². The predicted octanol–water partition coefficient (Wildman–Crippen LogP) is 8.16. The number of para-hydroxylation sites is 1. The first kappa shape index (κ1) is 29.7. The summed E-state index contributed by atoms with van der Waals surface area (Å²) in [7, 11) is -3.33. The number of rotatable bonds is 6. The molecule has 0 radical (unpaired) electrons. The van der Waals surface area contributed by atoms with Crippen molar-refractivity contribution in [2.24, 2.45) is 0 Å². The van der Waals surface area contributed by atoms with Crippen molar-refractivity contribution in [2.45, 2.75) is 0 Å². The van der Waals surface area contributed by atoms with Crippen LogP contribution in [-0.2, 0) is 4.57 Å². The minimum absolute atomic E-state index is 0.810. The summed E-state index contributed by atoms with van der Waals surface area (Å²) in [6.07, 6.45) is 5.12. The highest BCUT2D eigenvalue weighted by Gasteiger charge is 2.33. The molecule has 2 aromatic heterocycles. The van der Waals surface area contributed by atoms with Crippen LogP contribution in [0.25, 0.3) is 38.4 Å². The zero-order valence-electron chi connectivity index (χ0n) is 26.7. The Morgan fingerprint density at radius 2 is 0.939 bits per heavy atom. The van der Waals surface area contributed by atoms with Gasteiger partial charge in [0.2, 0.25) is 0 Å². The van der Waals surface area contributed by atoms with E-state index < -0.39 is 14.0 Å². The molecule has 0 bridgehead atoms. The number of benzene rings is 7. The maximum atomic E-state index is 16.0. The van der Waals surface area contributed by atoms with Crippen LogP contribution in [0.4, 0.5) is 0 Å². The van der Waals surface area contributed by atoms with E-state index in [-0.39, 0.29) is 0 Å². The molecule has 0 aliphatic rings. The van der Waals surface area contributed by atoms with Crippen molar-refractivity contribution in [1.29, 1.82) is 0 Å². The van der Waals surface area contributed by atoms with Gasteiger partial charge in [-0.15, -0.1) is 0 Å². The standard InChI is InChI=1S/C44H32N2OP2/c1-48(32-18-6-2-7-19-32,33-20-8-3-9-21-33)41-31-16-28-38-43(41)46-39-29-17-30-40(42(39)36-26-14-15-27-37(36)44(46)45-38)49(47,34-22-10-4-11-23-34)35-24-12-5-13-25-35/h2-31H,1H2. The first-order chi connectivity index (χ1) is 24.1. The van der Waals surface area contributed by atoms with Gasteiger partial charge in [-0.2, -0.15) is 0 Å². The minimum Gasteiger partial charge on any atom is -0.309 e. The lowest BCUT2D eigenvalue weighted by atomic mass is 10.1. The third-order valence-corrected chi connectivity index (χ3v) is 16.4. The maximum Gasteiger partial charge on any atom is 0.171 e. The summed E-state index contributed by atoms with van der Waals surface area (Å²) in [4.78, 5) is 5.35. The van der Waals surface area contributed by atoms with Crippen LogP contribution in [0.5, 0.6) is 0 Å². The Morgan fingerprint density at radius 3 is 1.51 bits per heavy atom. The normalized spacial score (nSPS) is 12.2. The number of pyridine rings is 1. The number of imidazole rings is 1. The van der Waals surface area contributed by atoms with Gasteiger partial charge < -0.3 is 4.57 Å². The van der Waals surface area contributed by atoms with Gasteiger partial charge in [-0.3, -0.25) is 4.40 Å². The monoisotopic (exact) mass is 666 g/mol. The SMILES string of the molecule is C=P(c1ccccc1)(c1ccccc1)c1cccc2nc3c4ccccc4c4c(P(=O)(c5ccccc5)c5ccccc5)cccc4n3c12. The number of aromatic nitrogens is 2. The molecule has 0 aliphatic heterocycles. The van der Waals surface area contributed by atoms with E-state index in [0.29, 0.717) is 0 Å². The predicted molar refractivity (Wildman–Crippen MR) is 213 cm³/mol. The van der Waals surface area contributed by atoms with Crippen LogP contribution in [0.2, 0.25) is 0 Å². The Bertz CT molecular complexity index is 2670. The molecule has 2 heterocycles. The fraction of sp³-hybridized carbons (Fsp3) is 0. The molecule has 234 valence electrons. The number of hydrogen-bond donors (Lipinski definition) is 0. The Kier molecular flexibility index (Phi) is 7.02. The van der Waals surface area contributed by atoms with Gasteiger partial charge in [-0.25, -0.2) is 4.98 Å². The van der Waals surface area contributed by atoms with Gasteiger partial charge in [-0.1, -0.05) is 176 Å². The topological polar surface area (TPSA) is 34.4 Å². The molecule has 0 fully saturated rings. The van der Waals surface area contributed by atoms with E-state index in [2.05, 4.69) is 126 Å². The zero-order chi connectivity index (χ0) is 33.0. The summed E-state index contributed by atoms with van der Waals surface area (Å²) in [5.41, 5.74) is 3.80. The molecule has 0 saturated heterocycles. The Morgan fingerprint density at radius 1 is 0.469 bits per heavy atom. The third-order valence-electron chi connectivity index (χ3n) is 9.74. The molecule has 49 heavy (non-hydrogen) atoms. The Hall–Kier alpha value is -5.46. The summed E-state index contributed by atoms with van der Waals surface area (Å²) < 4.78 is 18.3. The summed E-state index contributed by atoms with van der Waals surface area (Å²) in [5, 5.41) is 9.03. The van der Waals surface area contributed by atoms with E-state index in [1.54, 1.807) is 0 Å². The van der Waals surface area contributed by atoms with Crippen molar-refractivity contribution in [1.82, 2.24) is 9.38 Å². The largest absolute Gasteiger partial charge is 0.309 e. The van der Waals surface area contributed by atoms with Crippen LogP contribution >= 0.6 is 14.0 Å². The van der Waals surface area contributed by atoms with E-state index in [1.807, 2.05) is 60.7 Å². The van der Waals surface area contributed by atoms with E-state index in [0.717, 1.165) is 59.6 Å². The molecule has 0 aliphatic carbocycles. The van der Waals surface area contributed by atoms with Crippen LogP contribution in [0.3, 0.4) is 0 Å². The molecule has 7 aromatic carbocycles. The molecular weight excluding hydrogens is 634 g/mol. The molecule has 0 N–H and O–H groups in total. The first-order valence-corrected chi connectivity index (χ1v) is 20.1. The van der Waals surface area contributed by atoms with Crippen LogP contribution in [0, 0.1) is 0 Å². The van der Waals surface area contributed by atoms with Crippen molar-refractivity contribution in [2.75, 3.05) is 0 Å². The third kappa shape index (κ3) is 4.44. The summed E-state index contributed by atoms with van der Waals surface area (Å²) >= 11 is 0. The van der Waals surface area contributed by atoms with Crippen LogP contribution in [0.1, 0.15) is 0 Å². The second kappa shape index (κ2) is 11.6. The van der Waals surface area contributed by atoms with E-state index >= 15 is 4.57 Å². The number of hydrogen-bond acceptors (Lipinski definition) is 2. The molecule has 0 unspecified atom stereocenters. The summed E-state index contributed by atoms with van der Waals surface area (Å²) in [6.45, 7) is -2.39. The number of fused-ring (bicyclic) bond motifs is 8. The maximum absolute atomic E-state index is 16.0. The zero-order valence-corrected chi connectivity index (χ0v) is 28.5. The lowest BCUT2D eigenvalue weighted by Crippen LogP contribution is -2.27. The van der Waals surface area contributed by atoms with Crippen molar-refractivity contribution in [3.63, 3.8) is 0 Å². The van der Waals surface area contributed by atoms with E-state index in [9.17, 15) is 0 Å². The van der Waals surface area contributed by atoms with Gasteiger partial charge in [-0.05, 0) is 35.0 Å². The highest BCUT2D eigenvalue weighted by molar-refractivity contribution is 7.93. The van der Waals surface area contributed by atoms with Gasteiger partial charge in [0, 0.05) is 32.0 Å². The molecule has 9 aromatic rings. The molecular formula is C44H32N2OP2. The molecule has 9 rings (SSSR count). The van der Waals surface area contributed by atoms with Crippen molar-refractivity contribution in [3.05, 3.63) is 182 Å². The molecule has 0 spiro atoms. The van der Waals surface area contributed by atoms with Crippen molar-refractivity contribution in [3.8, 4) is 0 Å². The van der Waals surface area contributed by atoms with Crippen molar-refractivity contribution < 1.29 is 4.57 Å². The van der Waals surface area contributed by atoms with Gasteiger partial charge in [0.15, 0.2) is 7.14 Å². The fourth-order valence-electron chi connectivity index (χ4n) is 7.48. The average Bonchev–Trinajstić information content (AvgIpc) is 3.59. The lowest BCUT2D eigenvalue weighted by Gasteiger charge is -2.27. The lowest BCUT2D eigenvalue weighted by molar-refractivity contribution is 0.592. The first-order valence-electron chi connectivity index (χ1n) is 16.4. The highest BCUT2D eigenvalue weighted by Crippen LogP contribution is 2.48. The Labute approximate surface area is 285 Å². The molecule has 5 heteroatoms. The fourth-order valence-corrected chi connectivity index (χ4v) is 13.5. The summed E-state index contributed by atoms with van der Waals surface area (Å²) in [6, 6.07) is 62.4. The van der Waals surface area contributed by atoms with Crippen LogP contribution in [0.15, 0.2) is 182 Å². The van der Waals surface area contributed by atoms with Gasteiger partial charge in [0.1, 0.15) is 5.65 Å². The Balaban J connectivity index is 1.48. The van der Waals surface area contributed by atoms with Gasteiger partial charge >= 0.3 is 0 Å². The second-order valence-corrected chi connectivity index (χ2v) is 18.3. The minimum atomic E-state index is -3.33. The molecule has 0 saturated carbocycles. The van der Waals surface area contributed by atoms with Crippen LogP contribution in [-0.4, -0.2) is 15.7 Å². The van der Waals surface area contributed by atoms with Gasteiger partial charge in [0.25, 0.3) is 0 Å². The van der Waals surface area contributed by atoms with Crippen LogP contribution < -0.4 is 31.8 Å². The smallest absolute Gasteiger partial charge is 0.171 e. The summed E-state index contributed by atoms with van der Waals surface area (Å²) in [5.74, 6) is 0. The second-order valence-electron chi connectivity index (χ2n) is 12.4. The van der Waals surface area contributed by atoms with Crippen molar-refractivity contribution >= 4 is 90.5 Å². The van der Waals surface area contributed by atoms with E-state index in [4.69, 9.17) is 11.3 Å². The average molecular weight is 667 g/mol. The molecule has 3 nitrogen and oxygen atoms in total. The highest BCUT2D eigenvalue weighted by atomic mass is 31.2.